The van der Waals surface area contributed by atoms with Crippen molar-refractivity contribution in [3.8, 4) is 0 Å². The Morgan fingerprint density at radius 1 is 1.38 bits per heavy atom. The van der Waals surface area contributed by atoms with Crippen molar-refractivity contribution in [2.75, 3.05) is 30.3 Å². The van der Waals surface area contributed by atoms with Crippen LogP contribution in [0.4, 0.5) is 0 Å². The summed E-state index contributed by atoms with van der Waals surface area (Å²) in [4.78, 5) is 4.41. The molecule has 21 heavy (non-hydrogen) atoms. The maximum atomic E-state index is 12.1. The molecule has 1 rings (SSSR count). The average molecular weight is 336 g/mol. The number of thioether (sulfide) groups is 1. The third-order valence-corrected chi connectivity index (χ3v) is 7.21. The minimum atomic E-state index is -3.11. The highest BCUT2D eigenvalue weighted by atomic mass is 32.2. The summed E-state index contributed by atoms with van der Waals surface area (Å²) in [5.74, 6) is 3.14. The maximum Gasteiger partial charge on any atom is 0.191 e. The topological polar surface area (TPSA) is 70.6 Å². The van der Waals surface area contributed by atoms with E-state index in [0.29, 0.717) is 12.6 Å². The van der Waals surface area contributed by atoms with Crippen LogP contribution in [-0.2, 0) is 9.84 Å². The molecule has 0 amide bonds. The molecule has 1 unspecified atom stereocenters. The summed E-state index contributed by atoms with van der Waals surface area (Å²) in [6.07, 6.45) is 2.37. The molecule has 1 atom stereocenters. The Balaban J connectivity index is 2.55. The fourth-order valence-electron chi connectivity index (χ4n) is 1.95. The molecule has 1 fully saturated rings. The van der Waals surface area contributed by atoms with Gasteiger partial charge in [0.25, 0.3) is 0 Å². The SMILES string of the molecule is CCNC(=NCCS(=O)(=O)C(C)(C)C)NC1CCCSC1. The first kappa shape index (κ1) is 18.6. The fourth-order valence-corrected chi connectivity index (χ4v) is 3.97. The molecule has 1 saturated heterocycles. The van der Waals surface area contributed by atoms with Crippen LogP contribution in [0.1, 0.15) is 40.5 Å². The van der Waals surface area contributed by atoms with Gasteiger partial charge in [0.2, 0.25) is 0 Å². The lowest BCUT2D eigenvalue weighted by molar-refractivity contribution is 0.559. The summed E-state index contributed by atoms with van der Waals surface area (Å²) >= 11 is 1.95. The molecule has 0 aromatic heterocycles. The summed E-state index contributed by atoms with van der Waals surface area (Å²) in [6.45, 7) is 8.28. The molecule has 7 heteroatoms. The van der Waals surface area contributed by atoms with E-state index < -0.39 is 14.6 Å². The number of hydrogen-bond acceptors (Lipinski definition) is 4. The molecule has 0 aliphatic carbocycles. The molecule has 124 valence electrons. The minimum Gasteiger partial charge on any atom is -0.357 e. The molecule has 2 N–H and O–H groups in total. The summed E-state index contributed by atoms with van der Waals surface area (Å²) in [5.41, 5.74) is 0. The third kappa shape index (κ3) is 6.46. The highest BCUT2D eigenvalue weighted by Crippen LogP contribution is 2.17. The Morgan fingerprint density at radius 2 is 2.10 bits per heavy atom. The molecular formula is C14H29N3O2S2. The normalized spacial score (nSPS) is 21.1. The van der Waals surface area contributed by atoms with E-state index >= 15 is 0 Å². The smallest absolute Gasteiger partial charge is 0.191 e. The van der Waals surface area contributed by atoms with E-state index in [1.165, 1.54) is 12.2 Å². The Bertz CT molecular complexity index is 436. The first-order valence-corrected chi connectivity index (χ1v) is 10.4. The van der Waals surface area contributed by atoms with Crippen molar-refractivity contribution < 1.29 is 8.42 Å². The summed E-state index contributed by atoms with van der Waals surface area (Å²) in [5, 5.41) is 6.59. The van der Waals surface area contributed by atoms with E-state index in [-0.39, 0.29) is 5.75 Å². The van der Waals surface area contributed by atoms with Crippen molar-refractivity contribution in [1.29, 1.82) is 0 Å². The quantitative estimate of drug-likeness (QED) is 0.590. The second kappa shape index (κ2) is 8.27. The molecule has 0 aromatic rings. The lowest BCUT2D eigenvalue weighted by atomic mass is 10.2. The van der Waals surface area contributed by atoms with Gasteiger partial charge in [-0.2, -0.15) is 11.8 Å². The van der Waals surface area contributed by atoms with Crippen LogP contribution < -0.4 is 10.6 Å². The van der Waals surface area contributed by atoms with Gasteiger partial charge in [0.1, 0.15) is 0 Å². The molecular weight excluding hydrogens is 306 g/mol. The van der Waals surface area contributed by atoms with Crippen molar-refractivity contribution in [3.05, 3.63) is 0 Å². The second-order valence-electron chi connectivity index (χ2n) is 6.25. The number of hydrogen-bond donors (Lipinski definition) is 2. The molecule has 1 aliphatic heterocycles. The van der Waals surface area contributed by atoms with Crippen LogP contribution in [0.15, 0.2) is 4.99 Å². The Morgan fingerprint density at radius 3 is 2.62 bits per heavy atom. The average Bonchev–Trinajstić information content (AvgIpc) is 2.38. The van der Waals surface area contributed by atoms with Crippen LogP contribution in [0.3, 0.4) is 0 Å². The Labute approximate surface area is 133 Å². The number of guanidine groups is 1. The highest BCUT2D eigenvalue weighted by Gasteiger charge is 2.28. The number of sulfone groups is 1. The van der Waals surface area contributed by atoms with E-state index in [1.54, 1.807) is 20.8 Å². The summed E-state index contributed by atoms with van der Waals surface area (Å²) < 4.78 is 23.4. The molecule has 0 radical (unpaired) electrons. The van der Waals surface area contributed by atoms with Crippen LogP contribution in [-0.4, -0.2) is 55.5 Å². The van der Waals surface area contributed by atoms with Crippen molar-refractivity contribution in [3.63, 3.8) is 0 Å². The number of rotatable bonds is 5. The van der Waals surface area contributed by atoms with Crippen LogP contribution in [0.25, 0.3) is 0 Å². The molecule has 0 saturated carbocycles. The second-order valence-corrected chi connectivity index (χ2v) is 10.3. The van der Waals surface area contributed by atoms with E-state index in [4.69, 9.17) is 0 Å². The predicted octanol–water partition coefficient (Wildman–Crippen LogP) is 1.65. The van der Waals surface area contributed by atoms with Gasteiger partial charge in [-0.15, -0.1) is 0 Å². The van der Waals surface area contributed by atoms with Crippen molar-refractivity contribution >= 4 is 27.6 Å². The molecule has 0 bridgehead atoms. The van der Waals surface area contributed by atoms with Gasteiger partial charge in [0.05, 0.1) is 17.0 Å². The lowest BCUT2D eigenvalue weighted by Crippen LogP contribution is -2.45. The molecule has 1 heterocycles. The van der Waals surface area contributed by atoms with E-state index in [0.717, 1.165) is 24.7 Å². The van der Waals surface area contributed by atoms with E-state index in [2.05, 4.69) is 15.6 Å². The number of aliphatic imine (C=N–C) groups is 1. The Kier molecular flexibility index (Phi) is 7.33. The fraction of sp³-hybridized carbons (Fsp3) is 0.929. The minimum absolute atomic E-state index is 0.0898. The third-order valence-electron chi connectivity index (χ3n) is 3.41. The monoisotopic (exact) mass is 335 g/mol. The van der Waals surface area contributed by atoms with Gasteiger partial charge in [0, 0.05) is 18.3 Å². The molecule has 0 spiro atoms. The van der Waals surface area contributed by atoms with Gasteiger partial charge in [-0.1, -0.05) is 0 Å². The van der Waals surface area contributed by atoms with Crippen LogP contribution >= 0.6 is 11.8 Å². The maximum absolute atomic E-state index is 12.1. The zero-order chi connectivity index (χ0) is 15.9. The van der Waals surface area contributed by atoms with Gasteiger partial charge in [-0.25, -0.2) is 8.42 Å². The number of nitrogens with zero attached hydrogens (tertiary/aromatic N) is 1. The predicted molar refractivity (Wildman–Crippen MR) is 93.0 cm³/mol. The van der Waals surface area contributed by atoms with Gasteiger partial charge in [-0.3, -0.25) is 4.99 Å². The molecule has 1 aliphatic rings. The van der Waals surface area contributed by atoms with Gasteiger partial charge in [-0.05, 0) is 46.3 Å². The molecule has 0 aromatic carbocycles. The van der Waals surface area contributed by atoms with Crippen molar-refractivity contribution in [2.24, 2.45) is 4.99 Å². The van der Waals surface area contributed by atoms with Crippen LogP contribution in [0, 0.1) is 0 Å². The summed E-state index contributed by atoms with van der Waals surface area (Å²) in [6, 6.07) is 0.431. The van der Waals surface area contributed by atoms with E-state index in [1.807, 2.05) is 18.7 Å². The van der Waals surface area contributed by atoms with Crippen LogP contribution in [0.2, 0.25) is 0 Å². The van der Waals surface area contributed by atoms with Gasteiger partial charge < -0.3 is 10.6 Å². The van der Waals surface area contributed by atoms with Crippen molar-refractivity contribution in [2.45, 2.75) is 51.3 Å². The zero-order valence-corrected chi connectivity index (χ0v) is 15.2. The lowest BCUT2D eigenvalue weighted by Gasteiger charge is -2.24. The van der Waals surface area contributed by atoms with Gasteiger partial charge >= 0.3 is 0 Å². The first-order chi connectivity index (χ1) is 9.76. The standard InChI is InChI=1S/C14H29N3O2S2/c1-5-15-13(17-12-7-6-9-20-11-12)16-8-10-21(18,19)14(2,3)4/h12H,5-11H2,1-4H3,(H2,15,16,17). The molecule has 5 nitrogen and oxygen atoms in total. The van der Waals surface area contributed by atoms with Crippen LogP contribution in [0.5, 0.6) is 0 Å². The summed E-state index contributed by atoms with van der Waals surface area (Å²) in [7, 11) is -3.11. The van der Waals surface area contributed by atoms with Gasteiger partial charge in [0.15, 0.2) is 15.8 Å². The highest BCUT2D eigenvalue weighted by molar-refractivity contribution is 7.99. The van der Waals surface area contributed by atoms with E-state index in [9.17, 15) is 8.42 Å². The zero-order valence-electron chi connectivity index (χ0n) is 13.6. The number of nitrogens with one attached hydrogen (secondary N) is 2. The largest absolute Gasteiger partial charge is 0.357 e. The Hall–Kier alpha value is -0.430. The first-order valence-electron chi connectivity index (χ1n) is 7.61. The van der Waals surface area contributed by atoms with Crippen molar-refractivity contribution in [1.82, 2.24) is 10.6 Å².